The summed E-state index contributed by atoms with van der Waals surface area (Å²) in [6.45, 7) is 8.81. The molecule has 1 aliphatic rings. The lowest BCUT2D eigenvalue weighted by Crippen LogP contribution is -2.32. The molecular formula is C14H19N5O. The summed E-state index contributed by atoms with van der Waals surface area (Å²) in [6, 6.07) is 0. The Kier molecular flexibility index (Phi) is 2.70. The van der Waals surface area contributed by atoms with E-state index in [9.17, 15) is 4.79 Å². The molecule has 0 fully saturated rings. The topological polar surface area (TPSA) is 86.5 Å². The highest BCUT2D eigenvalue weighted by Crippen LogP contribution is 2.29. The molecule has 0 atom stereocenters. The molecule has 3 N–H and O–H groups in total. The molecule has 20 heavy (non-hydrogen) atoms. The van der Waals surface area contributed by atoms with Crippen LogP contribution in [0.1, 0.15) is 41.4 Å². The second-order valence-corrected chi connectivity index (χ2v) is 6.25. The van der Waals surface area contributed by atoms with Gasteiger partial charge >= 0.3 is 0 Å². The first-order valence-electron chi connectivity index (χ1n) is 6.76. The van der Waals surface area contributed by atoms with Crippen LogP contribution < -0.4 is 5.32 Å². The van der Waals surface area contributed by atoms with Gasteiger partial charge in [-0.05, 0) is 25.7 Å². The summed E-state index contributed by atoms with van der Waals surface area (Å²) in [7, 11) is 0. The molecule has 0 aromatic carbocycles. The van der Waals surface area contributed by atoms with E-state index in [1.54, 1.807) is 0 Å². The van der Waals surface area contributed by atoms with Gasteiger partial charge in [-0.3, -0.25) is 9.89 Å². The summed E-state index contributed by atoms with van der Waals surface area (Å²) in [5.41, 5.74) is 4.21. The number of aromatic amines is 2. The van der Waals surface area contributed by atoms with Crippen molar-refractivity contribution < 1.29 is 4.79 Å². The number of fused-ring (bicyclic) bond motifs is 1. The van der Waals surface area contributed by atoms with Crippen LogP contribution in [0.3, 0.4) is 0 Å². The number of nitrogens with one attached hydrogen (secondary N) is 3. The van der Waals surface area contributed by atoms with Gasteiger partial charge in [0.05, 0.1) is 11.3 Å². The minimum atomic E-state index is -0.105. The Labute approximate surface area is 117 Å². The molecule has 0 aliphatic carbocycles. The summed E-state index contributed by atoms with van der Waals surface area (Å²) in [5, 5.41) is 10.1. The SMILES string of the molecule is Cc1n[nH]c(C)c1-c1nc2c([nH]1)CC(C)(C)CNC2=O. The van der Waals surface area contributed by atoms with Crippen LogP contribution in [0.15, 0.2) is 0 Å². The average molecular weight is 273 g/mol. The van der Waals surface area contributed by atoms with Gasteiger partial charge in [0.1, 0.15) is 11.5 Å². The van der Waals surface area contributed by atoms with Gasteiger partial charge in [-0.25, -0.2) is 4.98 Å². The van der Waals surface area contributed by atoms with Gasteiger partial charge in [-0.15, -0.1) is 0 Å². The summed E-state index contributed by atoms with van der Waals surface area (Å²) >= 11 is 0. The van der Waals surface area contributed by atoms with Crippen molar-refractivity contribution >= 4 is 5.91 Å². The lowest BCUT2D eigenvalue weighted by atomic mass is 9.88. The van der Waals surface area contributed by atoms with Crippen molar-refractivity contribution in [1.82, 2.24) is 25.5 Å². The molecule has 2 aromatic heterocycles. The van der Waals surface area contributed by atoms with E-state index < -0.39 is 0 Å². The number of amides is 1. The second-order valence-electron chi connectivity index (χ2n) is 6.25. The van der Waals surface area contributed by atoms with Gasteiger partial charge in [-0.2, -0.15) is 5.10 Å². The summed E-state index contributed by atoms with van der Waals surface area (Å²) in [4.78, 5) is 19.9. The first kappa shape index (κ1) is 12.9. The molecule has 0 radical (unpaired) electrons. The number of aromatic nitrogens is 4. The van der Waals surface area contributed by atoms with Crippen molar-refractivity contribution in [2.45, 2.75) is 34.1 Å². The Morgan fingerprint density at radius 1 is 1.25 bits per heavy atom. The highest BCUT2D eigenvalue weighted by atomic mass is 16.1. The fourth-order valence-corrected chi connectivity index (χ4v) is 2.69. The van der Waals surface area contributed by atoms with Gasteiger partial charge in [0.25, 0.3) is 5.91 Å². The van der Waals surface area contributed by atoms with E-state index in [1.807, 2.05) is 13.8 Å². The van der Waals surface area contributed by atoms with Crippen molar-refractivity contribution in [3.8, 4) is 11.4 Å². The third kappa shape index (κ3) is 2.01. The highest BCUT2D eigenvalue weighted by Gasteiger charge is 2.30. The molecule has 3 heterocycles. The molecule has 0 spiro atoms. The zero-order chi connectivity index (χ0) is 14.5. The Hall–Kier alpha value is -2.11. The maximum absolute atomic E-state index is 12.1. The molecule has 0 saturated heterocycles. The fourth-order valence-electron chi connectivity index (χ4n) is 2.69. The molecule has 6 heteroatoms. The number of H-pyrrole nitrogens is 2. The minimum Gasteiger partial charge on any atom is -0.350 e. The van der Waals surface area contributed by atoms with Crippen LogP contribution in [0.2, 0.25) is 0 Å². The van der Waals surface area contributed by atoms with Crippen LogP contribution in [-0.2, 0) is 6.42 Å². The maximum Gasteiger partial charge on any atom is 0.271 e. The number of carbonyl (C=O) groups excluding carboxylic acids is 1. The van der Waals surface area contributed by atoms with Crippen molar-refractivity contribution in [3.63, 3.8) is 0 Å². The number of nitrogens with zero attached hydrogens (tertiary/aromatic N) is 2. The largest absolute Gasteiger partial charge is 0.350 e. The quantitative estimate of drug-likeness (QED) is 0.739. The Bertz CT molecular complexity index is 660. The predicted molar refractivity (Wildman–Crippen MR) is 75.5 cm³/mol. The maximum atomic E-state index is 12.1. The number of hydrogen-bond acceptors (Lipinski definition) is 3. The predicted octanol–water partition coefficient (Wildman–Crippen LogP) is 1.73. The smallest absolute Gasteiger partial charge is 0.271 e. The number of aryl methyl sites for hydroxylation is 2. The fraction of sp³-hybridized carbons (Fsp3) is 0.500. The standard InChI is InChI=1S/C14H19N5O/c1-7-10(8(2)19-18-7)12-16-9-5-14(3,4)6-15-13(20)11(9)17-12/h5-6H2,1-4H3,(H,15,20)(H,16,17)(H,18,19). The molecule has 3 rings (SSSR count). The van der Waals surface area contributed by atoms with Gasteiger partial charge < -0.3 is 10.3 Å². The minimum absolute atomic E-state index is 0.0190. The molecule has 106 valence electrons. The van der Waals surface area contributed by atoms with Crippen LogP contribution in [0.25, 0.3) is 11.4 Å². The molecule has 0 saturated carbocycles. The van der Waals surface area contributed by atoms with Gasteiger partial charge in [0.2, 0.25) is 0 Å². The Morgan fingerprint density at radius 2 is 2.00 bits per heavy atom. The number of rotatable bonds is 1. The van der Waals surface area contributed by atoms with E-state index in [0.29, 0.717) is 18.1 Å². The normalized spacial score (nSPS) is 17.5. The zero-order valence-electron chi connectivity index (χ0n) is 12.2. The summed E-state index contributed by atoms with van der Waals surface area (Å²) in [5.74, 6) is 0.610. The Balaban J connectivity index is 2.11. The van der Waals surface area contributed by atoms with Gasteiger partial charge in [0.15, 0.2) is 0 Å². The lowest BCUT2D eigenvalue weighted by molar-refractivity contribution is 0.0940. The Morgan fingerprint density at radius 3 is 2.65 bits per heavy atom. The third-order valence-electron chi connectivity index (χ3n) is 3.74. The lowest BCUT2D eigenvalue weighted by Gasteiger charge is -2.21. The van der Waals surface area contributed by atoms with Gasteiger partial charge in [-0.1, -0.05) is 13.8 Å². The molecule has 0 unspecified atom stereocenters. The monoisotopic (exact) mass is 273 g/mol. The van der Waals surface area contributed by atoms with E-state index in [-0.39, 0.29) is 11.3 Å². The molecular weight excluding hydrogens is 254 g/mol. The van der Waals surface area contributed by atoms with E-state index in [4.69, 9.17) is 0 Å². The molecule has 1 aliphatic heterocycles. The van der Waals surface area contributed by atoms with Crippen LogP contribution in [-0.4, -0.2) is 32.6 Å². The van der Waals surface area contributed by atoms with E-state index >= 15 is 0 Å². The van der Waals surface area contributed by atoms with Crippen LogP contribution in [0, 0.1) is 19.3 Å². The van der Waals surface area contributed by atoms with Crippen molar-refractivity contribution in [2.75, 3.05) is 6.54 Å². The second kappa shape index (κ2) is 4.19. The first-order valence-corrected chi connectivity index (χ1v) is 6.76. The number of hydrogen-bond donors (Lipinski definition) is 3. The van der Waals surface area contributed by atoms with Crippen LogP contribution >= 0.6 is 0 Å². The zero-order valence-corrected chi connectivity index (χ0v) is 12.2. The van der Waals surface area contributed by atoms with E-state index in [2.05, 4.69) is 39.3 Å². The average Bonchev–Trinajstić information content (AvgIpc) is 2.87. The molecule has 0 bridgehead atoms. The highest BCUT2D eigenvalue weighted by molar-refractivity contribution is 5.94. The third-order valence-corrected chi connectivity index (χ3v) is 3.74. The van der Waals surface area contributed by atoms with Crippen molar-refractivity contribution in [3.05, 3.63) is 22.8 Å². The summed E-state index contributed by atoms with van der Waals surface area (Å²) in [6.07, 6.45) is 0.796. The van der Waals surface area contributed by atoms with Gasteiger partial charge in [0, 0.05) is 17.9 Å². The van der Waals surface area contributed by atoms with Crippen LogP contribution in [0.5, 0.6) is 0 Å². The summed E-state index contributed by atoms with van der Waals surface area (Å²) < 4.78 is 0. The van der Waals surface area contributed by atoms with Crippen LogP contribution in [0.4, 0.5) is 0 Å². The molecule has 1 amide bonds. The van der Waals surface area contributed by atoms with Crippen molar-refractivity contribution in [1.29, 1.82) is 0 Å². The number of carbonyl (C=O) groups is 1. The molecule has 6 nitrogen and oxygen atoms in total. The van der Waals surface area contributed by atoms with E-state index in [1.165, 1.54) is 0 Å². The first-order chi connectivity index (χ1) is 9.37. The number of imidazole rings is 1. The molecule has 2 aromatic rings. The van der Waals surface area contributed by atoms with Crippen molar-refractivity contribution in [2.24, 2.45) is 5.41 Å². The van der Waals surface area contributed by atoms with E-state index in [0.717, 1.165) is 29.1 Å².